The summed E-state index contributed by atoms with van der Waals surface area (Å²) in [5, 5.41) is 4.63. The molecule has 0 aliphatic rings. The van der Waals surface area contributed by atoms with Crippen LogP contribution >= 0.6 is 15.9 Å². The molecule has 0 fully saturated rings. The van der Waals surface area contributed by atoms with Gasteiger partial charge in [-0.2, -0.15) is 5.10 Å². The average molecular weight is 308 g/mol. The predicted octanol–water partition coefficient (Wildman–Crippen LogP) is 4.26. The molecule has 1 aromatic heterocycles. The Morgan fingerprint density at radius 1 is 1.22 bits per heavy atom. The number of hydrogen-bond acceptors (Lipinski definition) is 2. The third-order valence-electron chi connectivity index (χ3n) is 3.19. The highest BCUT2D eigenvalue weighted by molar-refractivity contribution is 9.10. The maximum atomic E-state index is 6.06. The van der Waals surface area contributed by atoms with Crippen LogP contribution in [0.4, 0.5) is 5.69 Å². The second-order valence-corrected chi connectivity index (χ2v) is 5.31. The molecule has 1 heterocycles. The number of benzene rings is 1. The van der Waals surface area contributed by atoms with Crippen molar-refractivity contribution in [2.24, 2.45) is 0 Å². The van der Waals surface area contributed by atoms with Crippen LogP contribution < -0.4 is 5.73 Å². The zero-order valence-corrected chi connectivity index (χ0v) is 12.3. The van der Waals surface area contributed by atoms with Gasteiger partial charge < -0.3 is 5.73 Å². The molecule has 2 N–H and O–H groups in total. The highest BCUT2D eigenvalue weighted by Gasteiger charge is 2.13. The number of nitrogen functional groups attached to an aromatic ring is 1. The Morgan fingerprint density at radius 2 is 1.83 bits per heavy atom. The highest BCUT2D eigenvalue weighted by Crippen LogP contribution is 2.27. The first-order chi connectivity index (χ1) is 8.65. The Bertz CT molecular complexity index is 512. The van der Waals surface area contributed by atoms with Crippen molar-refractivity contribution >= 4 is 21.6 Å². The summed E-state index contributed by atoms with van der Waals surface area (Å²) in [6.45, 7) is 4.34. The molecule has 2 aromatic rings. The number of anilines is 1. The lowest BCUT2D eigenvalue weighted by atomic mass is 10.1. The largest absolute Gasteiger partial charge is 0.396 e. The van der Waals surface area contributed by atoms with Gasteiger partial charge >= 0.3 is 0 Å². The molecule has 0 amide bonds. The molecule has 0 spiro atoms. The van der Waals surface area contributed by atoms with E-state index in [-0.39, 0.29) is 0 Å². The second-order valence-electron chi connectivity index (χ2n) is 4.39. The van der Waals surface area contributed by atoms with E-state index in [2.05, 4.69) is 34.9 Å². The van der Waals surface area contributed by atoms with Crippen molar-refractivity contribution in [2.75, 3.05) is 5.73 Å². The molecular weight excluding hydrogens is 290 g/mol. The molecule has 96 valence electrons. The van der Waals surface area contributed by atoms with Crippen LogP contribution in [0, 0.1) is 0 Å². The maximum absolute atomic E-state index is 6.06. The van der Waals surface area contributed by atoms with E-state index >= 15 is 0 Å². The van der Waals surface area contributed by atoms with Gasteiger partial charge in [-0.3, -0.25) is 4.68 Å². The molecule has 0 atom stereocenters. The molecule has 1 aromatic carbocycles. The van der Waals surface area contributed by atoms with E-state index in [1.165, 1.54) is 0 Å². The first-order valence-electron chi connectivity index (χ1n) is 6.26. The van der Waals surface area contributed by atoms with Gasteiger partial charge in [-0.1, -0.05) is 41.9 Å². The lowest BCUT2D eigenvalue weighted by Gasteiger charge is -2.12. The number of nitrogens with zero attached hydrogens (tertiary/aromatic N) is 2. The summed E-state index contributed by atoms with van der Waals surface area (Å²) in [5.74, 6) is 0. The van der Waals surface area contributed by atoms with E-state index in [1.54, 1.807) is 0 Å². The Balaban J connectivity index is 2.37. The summed E-state index contributed by atoms with van der Waals surface area (Å²) in [7, 11) is 0. The van der Waals surface area contributed by atoms with Crippen molar-refractivity contribution in [1.82, 2.24) is 9.78 Å². The van der Waals surface area contributed by atoms with Crippen molar-refractivity contribution in [3.05, 3.63) is 34.9 Å². The molecule has 0 saturated carbocycles. The minimum atomic E-state index is 0.427. The van der Waals surface area contributed by atoms with E-state index in [4.69, 9.17) is 5.73 Å². The van der Waals surface area contributed by atoms with E-state index < -0.39 is 0 Å². The van der Waals surface area contributed by atoms with Gasteiger partial charge in [0.1, 0.15) is 5.69 Å². The minimum absolute atomic E-state index is 0.427. The quantitative estimate of drug-likeness (QED) is 0.917. The van der Waals surface area contributed by atoms with Crippen molar-refractivity contribution < 1.29 is 0 Å². The molecule has 0 bridgehead atoms. The van der Waals surface area contributed by atoms with Crippen LogP contribution in [0.5, 0.6) is 0 Å². The van der Waals surface area contributed by atoms with Gasteiger partial charge in [-0.25, -0.2) is 0 Å². The molecule has 0 radical (unpaired) electrons. The Hall–Kier alpha value is -1.29. The summed E-state index contributed by atoms with van der Waals surface area (Å²) in [5.41, 5.74) is 8.73. The SMILES string of the molecule is CCC(CC)n1cc(N)c(-c2ccc(Br)cc2)n1. The Morgan fingerprint density at radius 3 is 2.39 bits per heavy atom. The number of aromatic nitrogens is 2. The lowest BCUT2D eigenvalue weighted by molar-refractivity contribution is 0.429. The van der Waals surface area contributed by atoms with Crippen LogP contribution in [-0.4, -0.2) is 9.78 Å². The maximum Gasteiger partial charge on any atom is 0.115 e. The first kappa shape index (κ1) is 13.1. The third kappa shape index (κ3) is 2.58. The molecule has 0 aliphatic carbocycles. The van der Waals surface area contributed by atoms with Crippen LogP contribution in [0.15, 0.2) is 34.9 Å². The van der Waals surface area contributed by atoms with Crippen LogP contribution in [0.1, 0.15) is 32.7 Å². The van der Waals surface area contributed by atoms with Gasteiger partial charge in [0.25, 0.3) is 0 Å². The lowest BCUT2D eigenvalue weighted by Crippen LogP contribution is -2.07. The standard InChI is InChI=1S/C14H18BrN3/c1-3-12(4-2)18-9-13(16)14(17-18)10-5-7-11(15)8-6-10/h5-9,12H,3-4,16H2,1-2H3. The number of nitrogens with two attached hydrogens (primary N) is 1. The molecule has 0 saturated heterocycles. The van der Waals surface area contributed by atoms with Gasteiger partial charge in [-0.05, 0) is 25.0 Å². The summed E-state index contributed by atoms with van der Waals surface area (Å²) >= 11 is 3.43. The molecule has 0 unspecified atom stereocenters. The Labute approximate surface area is 116 Å². The normalized spacial score (nSPS) is 11.1. The summed E-state index contributed by atoms with van der Waals surface area (Å²) < 4.78 is 3.05. The zero-order chi connectivity index (χ0) is 13.1. The smallest absolute Gasteiger partial charge is 0.115 e. The van der Waals surface area contributed by atoms with E-state index in [0.29, 0.717) is 6.04 Å². The third-order valence-corrected chi connectivity index (χ3v) is 3.72. The number of hydrogen-bond donors (Lipinski definition) is 1. The fraction of sp³-hybridized carbons (Fsp3) is 0.357. The van der Waals surface area contributed by atoms with Crippen molar-refractivity contribution in [3.63, 3.8) is 0 Å². The van der Waals surface area contributed by atoms with E-state index in [1.807, 2.05) is 35.1 Å². The van der Waals surface area contributed by atoms with Gasteiger partial charge in [0.05, 0.1) is 11.7 Å². The first-order valence-corrected chi connectivity index (χ1v) is 7.05. The zero-order valence-electron chi connectivity index (χ0n) is 10.7. The second kappa shape index (κ2) is 5.57. The molecule has 0 aliphatic heterocycles. The van der Waals surface area contributed by atoms with Crippen molar-refractivity contribution in [1.29, 1.82) is 0 Å². The summed E-state index contributed by atoms with van der Waals surface area (Å²) in [6, 6.07) is 8.49. The Kier molecular flexibility index (Phi) is 4.07. The van der Waals surface area contributed by atoms with Gasteiger partial charge in [0, 0.05) is 16.2 Å². The van der Waals surface area contributed by atoms with Gasteiger partial charge in [-0.15, -0.1) is 0 Å². The van der Waals surface area contributed by atoms with Crippen LogP contribution in [-0.2, 0) is 0 Å². The van der Waals surface area contributed by atoms with E-state index in [0.717, 1.165) is 34.3 Å². The topological polar surface area (TPSA) is 43.8 Å². The van der Waals surface area contributed by atoms with E-state index in [9.17, 15) is 0 Å². The van der Waals surface area contributed by atoms with Crippen molar-refractivity contribution in [3.8, 4) is 11.3 Å². The molecule has 3 nitrogen and oxygen atoms in total. The van der Waals surface area contributed by atoms with Crippen LogP contribution in [0.2, 0.25) is 0 Å². The predicted molar refractivity (Wildman–Crippen MR) is 79.4 cm³/mol. The molecule has 18 heavy (non-hydrogen) atoms. The van der Waals surface area contributed by atoms with Gasteiger partial charge in [0.2, 0.25) is 0 Å². The van der Waals surface area contributed by atoms with Crippen molar-refractivity contribution in [2.45, 2.75) is 32.7 Å². The number of rotatable bonds is 4. The fourth-order valence-corrected chi connectivity index (χ4v) is 2.35. The van der Waals surface area contributed by atoms with Crippen LogP contribution in [0.25, 0.3) is 11.3 Å². The van der Waals surface area contributed by atoms with Crippen LogP contribution in [0.3, 0.4) is 0 Å². The summed E-state index contributed by atoms with van der Waals surface area (Å²) in [4.78, 5) is 0. The number of halogens is 1. The minimum Gasteiger partial charge on any atom is -0.396 e. The molecule has 4 heteroatoms. The monoisotopic (exact) mass is 307 g/mol. The molecule has 2 rings (SSSR count). The fourth-order valence-electron chi connectivity index (χ4n) is 2.09. The summed E-state index contributed by atoms with van der Waals surface area (Å²) in [6.07, 6.45) is 4.07. The highest BCUT2D eigenvalue weighted by atomic mass is 79.9. The average Bonchev–Trinajstić information content (AvgIpc) is 2.74. The molecular formula is C14H18BrN3. The van der Waals surface area contributed by atoms with Gasteiger partial charge in [0.15, 0.2) is 0 Å².